The second-order valence-electron chi connectivity index (χ2n) is 4.37. The molecule has 0 spiro atoms. The van der Waals surface area contributed by atoms with Crippen molar-refractivity contribution in [2.24, 2.45) is 0 Å². The molecule has 1 heterocycles. The van der Waals surface area contributed by atoms with E-state index in [4.69, 9.17) is 0 Å². The molecule has 0 amide bonds. The van der Waals surface area contributed by atoms with E-state index in [9.17, 15) is 0 Å². The standard InChI is InChI=1S/C13H13NS/c1-8(2)9-3-4-11-10(5-9)6-12-13(11)14-7-15-12/h3-5,7-8H,6H2,1-2H3. The second kappa shape index (κ2) is 3.17. The summed E-state index contributed by atoms with van der Waals surface area (Å²) >= 11 is 1.77. The summed E-state index contributed by atoms with van der Waals surface area (Å²) in [7, 11) is 0. The first-order chi connectivity index (χ1) is 7.25. The summed E-state index contributed by atoms with van der Waals surface area (Å²) in [5.41, 5.74) is 7.39. The highest BCUT2D eigenvalue weighted by molar-refractivity contribution is 7.10. The van der Waals surface area contributed by atoms with E-state index in [-0.39, 0.29) is 0 Å². The third-order valence-corrected chi connectivity index (χ3v) is 3.88. The fraction of sp³-hybridized carbons (Fsp3) is 0.308. The summed E-state index contributed by atoms with van der Waals surface area (Å²) in [5.74, 6) is 0.613. The van der Waals surface area contributed by atoms with E-state index in [1.54, 1.807) is 11.3 Å². The van der Waals surface area contributed by atoms with Crippen LogP contribution in [-0.4, -0.2) is 4.98 Å². The first-order valence-corrected chi connectivity index (χ1v) is 6.19. The molecule has 0 unspecified atom stereocenters. The van der Waals surface area contributed by atoms with Crippen LogP contribution < -0.4 is 0 Å². The van der Waals surface area contributed by atoms with Gasteiger partial charge in [0, 0.05) is 16.9 Å². The molecule has 0 fully saturated rings. The van der Waals surface area contributed by atoms with Gasteiger partial charge in [-0.2, -0.15) is 0 Å². The molecule has 3 rings (SSSR count). The molecular weight excluding hydrogens is 202 g/mol. The Hall–Kier alpha value is -1.15. The van der Waals surface area contributed by atoms with Gasteiger partial charge in [-0.1, -0.05) is 32.0 Å². The molecule has 0 bridgehead atoms. The molecule has 2 heteroatoms. The number of thiazole rings is 1. The van der Waals surface area contributed by atoms with E-state index in [0.29, 0.717) is 5.92 Å². The maximum Gasteiger partial charge on any atom is 0.0849 e. The minimum atomic E-state index is 0.613. The Bertz CT molecular complexity index is 511. The number of fused-ring (bicyclic) bond motifs is 3. The molecule has 0 saturated carbocycles. The van der Waals surface area contributed by atoms with E-state index in [2.05, 4.69) is 37.0 Å². The first-order valence-electron chi connectivity index (χ1n) is 5.31. The van der Waals surface area contributed by atoms with Crippen molar-refractivity contribution in [2.45, 2.75) is 26.2 Å². The minimum Gasteiger partial charge on any atom is -0.244 e. The van der Waals surface area contributed by atoms with E-state index >= 15 is 0 Å². The summed E-state index contributed by atoms with van der Waals surface area (Å²) in [6.45, 7) is 4.48. The summed E-state index contributed by atoms with van der Waals surface area (Å²) in [6.07, 6.45) is 1.08. The lowest BCUT2D eigenvalue weighted by Crippen LogP contribution is -1.89. The zero-order valence-electron chi connectivity index (χ0n) is 8.95. The van der Waals surface area contributed by atoms with Gasteiger partial charge in [-0.05, 0) is 17.0 Å². The van der Waals surface area contributed by atoms with E-state index < -0.39 is 0 Å². The van der Waals surface area contributed by atoms with E-state index in [0.717, 1.165) is 6.42 Å². The highest BCUT2D eigenvalue weighted by Gasteiger charge is 2.21. The lowest BCUT2D eigenvalue weighted by atomic mass is 9.98. The maximum atomic E-state index is 4.43. The molecule has 1 aromatic heterocycles. The van der Waals surface area contributed by atoms with Gasteiger partial charge in [-0.3, -0.25) is 0 Å². The number of benzene rings is 1. The fourth-order valence-electron chi connectivity index (χ4n) is 2.14. The molecule has 1 nitrogen and oxygen atoms in total. The Balaban J connectivity index is 2.13. The van der Waals surface area contributed by atoms with E-state index in [1.807, 2.05) is 5.51 Å². The third-order valence-electron chi connectivity index (χ3n) is 3.04. The van der Waals surface area contributed by atoms with Crippen molar-refractivity contribution in [3.63, 3.8) is 0 Å². The molecule has 0 aliphatic heterocycles. The average Bonchev–Trinajstić information content (AvgIpc) is 2.75. The van der Waals surface area contributed by atoms with Crippen LogP contribution in [0.1, 0.15) is 35.8 Å². The monoisotopic (exact) mass is 215 g/mol. The Kier molecular flexibility index (Phi) is 1.93. The first kappa shape index (κ1) is 9.10. The van der Waals surface area contributed by atoms with Gasteiger partial charge in [-0.15, -0.1) is 11.3 Å². The predicted molar refractivity (Wildman–Crippen MR) is 64.4 cm³/mol. The Labute approximate surface area is 93.8 Å². The van der Waals surface area contributed by atoms with Crippen LogP contribution in [0, 0.1) is 0 Å². The van der Waals surface area contributed by atoms with Crippen LogP contribution in [-0.2, 0) is 6.42 Å². The van der Waals surface area contributed by atoms with Gasteiger partial charge in [0.15, 0.2) is 0 Å². The van der Waals surface area contributed by atoms with Crippen LogP contribution in [0.2, 0.25) is 0 Å². The van der Waals surface area contributed by atoms with Crippen molar-refractivity contribution in [3.05, 3.63) is 39.7 Å². The van der Waals surface area contributed by atoms with Crippen LogP contribution in [0.4, 0.5) is 0 Å². The van der Waals surface area contributed by atoms with Crippen LogP contribution >= 0.6 is 11.3 Å². The Morgan fingerprint density at radius 1 is 1.33 bits per heavy atom. The van der Waals surface area contributed by atoms with Crippen LogP contribution in [0.25, 0.3) is 11.3 Å². The minimum absolute atomic E-state index is 0.613. The van der Waals surface area contributed by atoms with Crippen LogP contribution in [0.15, 0.2) is 23.7 Å². The lowest BCUT2D eigenvalue weighted by molar-refractivity contribution is 0.864. The van der Waals surface area contributed by atoms with Gasteiger partial charge < -0.3 is 0 Å². The highest BCUT2D eigenvalue weighted by Crippen LogP contribution is 2.38. The maximum absolute atomic E-state index is 4.43. The lowest BCUT2D eigenvalue weighted by Gasteiger charge is -2.07. The Morgan fingerprint density at radius 2 is 2.20 bits per heavy atom. The zero-order valence-corrected chi connectivity index (χ0v) is 9.77. The summed E-state index contributed by atoms with van der Waals surface area (Å²) < 4.78 is 0. The molecule has 0 N–H and O–H groups in total. The quantitative estimate of drug-likeness (QED) is 0.601. The topological polar surface area (TPSA) is 12.9 Å². The van der Waals surface area contributed by atoms with Crippen molar-refractivity contribution in [3.8, 4) is 11.3 Å². The van der Waals surface area contributed by atoms with Crippen molar-refractivity contribution >= 4 is 11.3 Å². The van der Waals surface area contributed by atoms with Gasteiger partial charge in [-0.25, -0.2) is 4.98 Å². The van der Waals surface area contributed by atoms with Gasteiger partial charge >= 0.3 is 0 Å². The SMILES string of the molecule is CC(C)c1ccc2c(c1)Cc1scnc1-2. The molecule has 2 aromatic rings. The third kappa shape index (κ3) is 1.32. The highest BCUT2D eigenvalue weighted by atomic mass is 32.1. The molecule has 76 valence electrons. The van der Waals surface area contributed by atoms with Gasteiger partial charge in [0.05, 0.1) is 11.2 Å². The normalized spacial score (nSPS) is 13.0. The molecule has 1 aromatic carbocycles. The molecule has 1 aliphatic rings. The van der Waals surface area contributed by atoms with Crippen molar-refractivity contribution in [1.82, 2.24) is 4.98 Å². The molecule has 0 radical (unpaired) electrons. The molecule has 1 aliphatic carbocycles. The van der Waals surface area contributed by atoms with Gasteiger partial charge in [0.1, 0.15) is 0 Å². The molecule has 15 heavy (non-hydrogen) atoms. The number of aromatic nitrogens is 1. The summed E-state index contributed by atoms with van der Waals surface area (Å²) in [4.78, 5) is 5.85. The smallest absolute Gasteiger partial charge is 0.0849 e. The predicted octanol–water partition coefficient (Wildman–Crippen LogP) is 3.84. The van der Waals surface area contributed by atoms with Gasteiger partial charge in [0.2, 0.25) is 0 Å². The largest absolute Gasteiger partial charge is 0.244 e. The summed E-state index contributed by atoms with van der Waals surface area (Å²) in [5, 5.41) is 0. The number of rotatable bonds is 1. The van der Waals surface area contributed by atoms with E-state index in [1.165, 1.54) is 27.3 Å². The molecule has 0 saturated heterocycles. The zero-order chi connectivity index (χ0) is 10.4. The second-order valence-corrected chi connectivity index (χ2v) is 5.31. The average molecular weight is 215 g/mol. The van der Waals surface area contributed by atoms with Crippen molar-refractivity contribution < 1.29 is 0 Å². The van der Waals surface area contributed by atoms with Crippen molar-refractivity contribution in [1.29, 1.82) is 0 Å². The van der Waals surface area contributed by atoms with Crippen LogP contribution in [0.3, 0.4) is 0 Å². The van der Waals surface area contributed by atoms with Crippen LogP contribution in [0.5, 0.6) is 0 Å². The fourth-order valence-corrected chi connectivity index (χ4v) is 2.94. The van der Waals surface area contributed by atoms with Crippen molar-refractivity contribution in [2.75, 3.05) is 0 Å². The Morgan fingerprint density at radius 3 is 3.00 bits per heavy atom. The molecule has 0 atom stereocenters. The number of nitrogens with zero attached hydrogens (tertiary/aromatic N) is 1. The number of hydrogen-bond donors (Lipinski definition) is 0. The molecular formula is C13H13NS. The van der Waals surface area contributed by atoms with Gasteiger partial charge in [0.25, 0.3) is 0 Å². The number of hydrogen-bond acceptors (Lipinski definition) is 2. The summed E-state index contributed by atoms with van der Waals surface area (Å²) in [6, 6.07) is 6.81.